The van der Waals surface area contributed by atoms with Gasteiger partial charge in [0.1, 0.15) is 5.82 Å². The summed E-state index contributed by atoms with van der Waals surface area (Å²) in [5.41, 5.74) is 0. The zero-order valence-electron chi connectivity index (χ0n) is 10.6. The molecule has 2 heterocycles. The molecule has 18 heavy (non-hydrogen) atoms. The van der Waals surface area contributed by atoms with Crippen molar-refractivity contribution in [2.24, 2.45) is 5.92 Å². The average molecular weight is 315 g/mol. The van der Waals surface area contributed by atoms with Gasteiger partial charge in [-0.3, -0.25) is 0 Å². The van der Waals surface area contributed by atoms with E-state index in [2.05, 4.69) is 43.0 Å². The van der Waals surface area contributed by atoms with Gasteiger partial charge >= 0.3 is 0 Å². The summed E-state index contributed by atoms with van der Waals surface area (Å²) in [5.74, 6) is 1.95. The zero-order valence-corrected chi connectivity index (χ0v) is 12.2. The fourth-order valence-electron chi connectivity index (χ4n) is 2.08. The third-order valence-corrected chi connectivity index (χ3v) is 3.66. The lowest BCUT2D eigenvalue weighted by atomic mass is 10.1. The smallest absolute Gasteiger partial charge is 0.224 e. The van der Waals surface area contributed by atoms with Crippen molar-refractivity contribution in [3.63, 3.8) is 0 Å². The number of hydrogen-bond acceptors (Lipinski definition) is 5. The highest BCUT2D eigenvalue weighted by Crippen LogP contribution is 2.29. The van der Waals surface area contributed by atoms with Crippen molar-refractivity contribution in [3.8, 4) is 0 Å². The molecule has 100 valence electrons. The monoisotopic (exact) mass is 314 g/mol. The second-order valence-corrected chi connectivity index (χ2v) is 5.43. The van der Waals surface area contributed by atoms with Crippen LogP contribution < -0.4 is 10.2 Å². The molecule has 0 saturated carbocycles. The van der Waals surface area contributed by atoms with E-state index in [1.54, 1.807) is 6.20 Å². The molecule has 2 rings (SSSR count). The van der Waals surface area contributed by atoms with Gasteiger partial charge in [0.15, 0.2) is 0 Å². The highest BCUT2D eigenvalue weighted by Gasteiger charge is 2.24. The van der Waals surface area contributed by atoms with E-state index < -0.39 is 0 Å². The van der Waals surface area contributed by atoms with Crippen LogP contribution in [-0.4, -0.2) is 41.3 Å². The first-order valence-electron chi connectivity index (χ1n) is 6.36. The van der Waals surface area contributed by atoms with Gasteiger partial charge in [-0.1, -0.05) is 6.92 Å². The Balaban J connectivity index is 2.11. The quantitative estimate of drug-likeness (QED) is 0.869. The van der Waals surface area contributed by atoms with Crippen molar-refractivity contribution in [2.75, 3.05) is 36.5 Å². The molecule has 1 aromatic heterocycles. The maximum absolute atomic E-state index is 9.19. The van der Waals surface area contributed by atoms with Crippen LogP contribution in [0.15, 0.2) is 10.7 Å². The molecular formula is C12H19BrN4O. The number of aromatic nitrogens is 2. The Morgan fingerprint density at radius 2 is 2.44 bits per heavy atom. The maximum atomic E-state index is 9.19. The summed E-state index contributed by atoms with van der Waals surface area (Å²) >= 11 is 3.49. The molecule has 0 aromatic carbocycles. The Morgan fingerprint density at radius 1 is 1.61 bits per heavy atom. The Kier molecular flexibility index (Phi) is 4.77. The molecule has 1 aromatic rings. The lowest BCUT2D eigenvalue weighted by molar-refractivity contribution is 0.238. The summed E-state index contributed by atoms with van der Waals surface area (Å²) in [7, 11) is 0. The van der Waals surface area contributed by atoms with E-state index in [9.17, 15) is 5.11 Å². The van der Waals surface area contributed by atoms with E-state index in [0.717, 1.165) is 42.8 Å². The molecule has 1 unspecified atom stereocenters. The molecule has 6 heteroatoms. The van der Waals surface area contributed by atoms with Crippen molar-refractivity contribution in [1.82, 2.24) is 9.97 Å². The van der Waals surface area contributed by atoms with Gasteiger partial charge in [-0.05, 0) is 28.8 Å². The molecular weight excluding hydrogens is 296 g/mol. The van der Waals surface area contributed by atoms with E-state index in [1.165, 1.54) is 0 Å². The fraction of sp³-hybridized carbons (Fsp3) is 0.667. The first-order valence-corrected chi connectivity index (χ1v) is 7.16. The number of aliphatic hydroxyl groups is 1. The predicted octanol–water partition coefficient (Wildman–Crippen LogP) is 1.88. The van der Waals surface area contributed by atoms with E-state index in [0.29, 0.717) is 11.9 Å². The van der Waals surface area contributed by atoms with Gasteiger partial charge in [0.25, 0.3) is 0 Å². The van der Waals surface area contributed by atoms with E-state index in [4.69, 9.17) is 0 Å². The number of nitrogens with one attached hydrogen (secondary N) is 1. The van der Waals surface area contributed by atoms with E-state index in [-0.39, 0.29) is 6.61 Å². The lowest BCUT2D eigenvalue weighted by Crippen LogP contribution is -2.22. The summed E-state index contributed by atoms with van der Waals surface area (Å²) in [5, 5.41) is 12.4. The van der Waals surface area contributed by atoms with Crippen molar-refractivity contribution in [1.29, 1.82) is 0 Å². The second-order valence-electron chi connectivity index (χ2n) is 4.58. The summed E-state index contributed by atoms with van der Waals surface area (Å²) < 4.78 is 0.906. The normalized spacial score (nSPS) is 19.3. The van der Waals surface area contributed by atoms with Gasteiger partial charge in [0.2, 0.25) is 5.95 Å². The Labute approximate surface area is 116 Å². The third kappa shape index (κ3) is 3.11. The molecule has 0 amide bonds. The summed E-state index contributed by atoms with van der Waals surface area (Å²) in [6.07, 6.45) is 3.85. The molecule has 2 N–H and O–H groups in total. The number of nitrogens with zero attached hydrogens (tertiary/aromatic N) is 3. The van der Waals surface area contributed by atoms with Crippen molar-refractivity contribution >= 4 is 27.7 Å². The van der Waals surface area contributed by atoms with Crippen LogP contribution in [0.4, 0.5) is 11.8 Å². The molecule has 0 spiro atoms. The van der Waals surface area contributed by atoms with Crippen LogP contribution in [0, 0.1) is 5.92 Å². The SMILES string of the molecule is CCCNc1ncc(Br)c(N2CCC(CO)C2)n1. The highest BCUT2D eigenvalue weighted by molar-refractivity contribution is 9.10. The third-order valence-electron chi connectivity index (χ3n) is 3.10. The largest absolute Gasteiger partial charge is 0.396 e. The first-order chi connectivity index (χ1) is 8.74. The van der Waals surface area contributed by atoms with E-state index in [1.807, 2.05) is 0 Å². The lowest BCUT2D eigenvalue weighted by Gasteiger charge is -2.19. The van der Waals surface area contributed by atoms with Gasteiger partial charge in [0, 0.05) is 38.4 Å². The van der Waals surface area contributed by atoms with Gasteiger partial charge in [-0.25, -0.2) is 4.98 Å². The van der Waals surface area contributed by atoms with Crippen LogP contribution in [0.2, 0.25) is 0 Å². The maximum Gasteiger partial charge on any atom is 0.224 e. The zero-order chi connectivity index (χ0) is 13.0. The van der Waals surface area contributed by atoms with Gasteiger partial charge in [-0.2, -0.15) is 4.98 Å². The van der Waals surface area contributed by atoms with Crippen molar-refractivity contribution < 1.29 is 5.11 Å². The number of hydrogen-bond donors (Lipinski definition) is 2. The van der Waals surface area contributed by atoms with E-state index >= 15 is 0 Å². The van der Waals surface area contributed by atoms with Crippen LogP contribution in [0.3, 0.4) is 0 Å². The minimum Gasteiger partial charge on any atom is -0.396 e. The van der Waals surface area contributed by atoms with Crippen LogP contribution in [0.1, 0.15) is 19.8 Å². The molecule has 0 bridgehead atoms. The Hall–Kier alpha value is -0.880. The molecule has 1 aliphatic rings. The Bertz CT molecular complexity index is 402. The Morgan fingerprint density at radius 3 is 3.11 bits per heavy atom. The molecule has 1 fully saturated rings. The number of halogens is 1. The first kappa shape index (κ1) is 13.5. The second kappa shape index (κ2) is 6.33. The molecule has 5 nitrogen and oxygen atoms in total. The van der Waals surface area contributed by atoms with Crippen LogP contribution in [-0.2, 0) is 0 Å². The van der Waals surface area contributed by atoms with Gasteiger partial charge < -0.3 is 15.3 Å². The summed E-state index contributed by atoms with van der Waals surface area (Å²) in [6.45, 7) is 5.03. The minimum absolute atomic E-state index is 0.250. The van der Waals surface area contributed by atoms with Gasteiger partial charge in [0.05, 0.1) is 4.47 Å². The number of aliphatic hydroxyl groups excluding tert-OH is 1. The topological polar surface area (TPSA) is 61.3 Å². The van der Waals surface area contributed by atoms with Crippen molar-refractivity contribution in [2.45, 2.75) is 19.8 Å². The van der Waals surface area contributed by atoms with Crippen LogP contribution >= 0.6 is 15.9 Å². The highest BCUT2D eigenvalue weighted by atomic mass is 79.9. The molecule has 1 saturated heterocycles. The summed E-state index contributed by atoms with van der Waals surface area (Å²) in [4.78, 5) is 11.0. The minimum atomic E-state index is 0.250. The predicted molar refractivity (Wildman–Crippen MR) is 75.9 cm³/mol. The fourth-order valence-corrected chi connectivity index (χ4v) is 2.52. The number of rotatable bonds is 5. The molecule has 0 radical (unpaired) electrons. The summed E-state index contributed by atoms with van der Waals surface area (Å²) in [6, 6.07) is 0. The molecule has 1 aliphatic heterocycles. The van der Waals surface area contributed by atoms with Crippen LogP contribution in [0.5, 0.6) is 0 Å². The van der Waals surface area contributed by atoms with Crippen LogP contribution in [0.25, 0.3) is 0 Å². The standard InChI is InChI=1S/C12H19BrN4O/c1-2-4-14-12-15-6-10(13)11(16-12)17-5-3-9(7-17)8-18/h6,9,18H,2-5,7-8H2,1H3,(H,14,15,16). The van der Waals surface area contributed by atoms with Gasteiger partial charge in [-0.15, -0.1) is 0 Å². The molecule has 0 aliphatic carbocycles. The number of anilines is 2. The average Bonchev–Trinajstić information content (AvgIpc) is 2.86. The molecule has 1 atom stereocenters. The van der Waals surface area contributed by atoms with Crippen molar-refractivity contribution in [3.05, 3.63) is 10.7 Å².